The summed E-state index contributed by atoms with van der Waals surface area (Å²) in [6.45, 7) is 8.32. The average molecular weight is 467 g/mol. The molecular formula is C31H46O3. The van der Waals surface area contributed by atoms with Gasteiger partial charge in [-0.25, -0.2) is 0 Å². The van der Waals surface area contributed by atoms with Crippen LogP contribution in [0.3, 0.4) is 0 Å². The minimum atomic E-state index is -0.634. The molecule has 3 heteroatoms. The fourth-order valence-corrected chi connectivity index (χ4v) is 9.69. The molecule has 0 saturated heterocycles. The molecule has 0 heterocycles. The highest BCUT2D eigenvalue weighted by atomic mass is 16.5. The van der Waals surface area contributed by atoms with Gasteiger partial charge in [0.05, 0.1) is 12.7 Å². The van der Waals surface area contributed by atoms with Crippen LogP contribution in [0.4, 0.5) is 0 Å². The zero-order valence-electron chi connectivity index (χ0n) is 21.7. The Kier molecular flexibility index (Phi) is 6.88. The summed E-state index contributed by atoms with van der Waals surface area (Å²) in [5, 5.41) is 9.20. The molecule has 5 rings (SSSR count). The van der Waals surface area contributed by atoms with Crippen molar-refractivity contribution in [3.05, 3.63) is 35.9 Å². The minimum Gasteiger partial charge on any atom is -0.481 e. The van der Waals surface area contributed by atoms with Crippen LogP contribution in [0.5, 0.6) is 0 Å². The van der Waals surface area contributed by atoms with Gasteiger partial charge in [-0.05, 0) is 116 Å². The second-order valence-corrected chi connectivity index (χ2v) is 13.0. The average Bonchev–Trinajstić information content (AvgIpc) is 3.19. The van der Waals surface area contributed by atoms with E-state index in [0.717, 1.165) is 36.7 Å². The second-order valence-electron chi connectivity index (χ2n) is 13.0. The van der Waals surface area contributed by atoms with Gasteiger partial charge in [0.25, 0.3) is 0 Å². The van der Waals surface area contributed by atoms with Gasteiger partial charge < -0.3 is 9.84 Å². The lowest BCUT2D eigenvalue weighted by Crippen LogP contribution is -2.54. The van der Waals surface area contributed by atoms with Crippen molar-refractivity contribution in [2.75, 3.05) is 0 Å². The third kappa shape index (κ3) is 4.36. The molecule has 4 aliphatic carbocycles. The molecule has 0 aliphatic heterocycles. The van der Waals surface area contributed by atoms with Crippen LogP contribution in [0.15, 0.2) is 30.3 Å². The molecule has 0 amide bonds. The number of carbonyl (C=O) groups is 1. The van der Waals surface area contributed by atoms with E-state index < -0.39 is 5.97 Å². The number of carboxylic acid groups (broad SMARTS) is 1. The van der Waals surface area contributed by atoms with E-state index in [1.807, 2.05) is 0 Å². The largest absolute Gasteiger partial charge is 0.481 e. The monoisotopic (exact) mass is 466 g/mol. The van der Waals surface area contributed by atoms with Crippen molar-refractivity contribution in [3.63, 3.8) is 0 Å². The predicted molar refractivity (Wildman–Crippen MR) is 136 cm³/mol. The van der Waals surface area contributed by atoms with Crippen LogP contribution in [0.1, 0.15) is 97.0 Å². The van der Waals surface area contributed by atoms with Gasteiger partial charge >= 0.3 is 5.97 Å². The van der Waals surface area contributed by atoms with Gasteiger partial charge in [0, 0.05) is 6.42 Å². The molecule has 0 spiro atoms. The van der Waals surface area contributed by atoms with Crippen LogP contribution in [0, 0.1) is 46.3 Å². The van der Waals surface area contributed by atoms with E-state index in [1.165, 1.54) is 63.4 Å². The Morgan fingerprint density at radius 3 is 2.50 bits per heavy atom. The van der Waals surface area contributed by atoms with Crippen LogP contribution < -0.4 is 0 Å². The summed E-state index contributed by atoms with van der Waals surface area (Å²) in [7, 11) is 0. The molecule has 0 bridgehead atoms. The Morgan fingerprint density at radius 2 is 1.74 bits per heavy atom. The lowest BCUT2D eigenvalue weighted by molar-refractivity contribution is -0.140. The molecule has 1 N–H and O–H groups in total. The molecule has 188 valence electrons. The van der Waals surface area contributed by atoms with Crippen LogP contribution >= 0.6 is 0 Å². The van der Waals surface area contributed by atoms with Gasteiger partial charge in [-0.3, -0.25) is 4.79 Å². The first-order chi connectivity index (χ1) is 16.3. The van der Waals surface area contributed by atoms with Crippen molar-refractivity contribution in [2.24, 2.45) is 46.3 Å². The first kappa shape index (κ1) is 24.3. The summed E-state index contributed by atoms with van der Waals surface area (Å²) in [6, 6.07) is 10.6. The van der Waals surface area contributed by atoms with Crippen molar-refractivity contribution >= 4 is 5.97 Å². The van der Waals surface area contributed by atoms with Crippen LogP contribution in [0.25, 0.3) is 0 Å². The fourth-order valence-electron chi connectivity index (χ4n) is 9.69. The van der Waals surface area contributed by atoms with Gasteiger partial charge in [-0.15, -0.1) is 0 Å². The Bertz CT molecular complexity index is 851. The molecule has 0 radical (unpaired) electrons. The topological polar surface area (TPSA) is 46.5 Å². The number of rotatable bonds is 7. The summed E-state index contributed by atoms with van der Waals surface area (Å²) in [5.74, 6) is 4.06. The highest BCUT2D eigenvalue weighted by Crippen LogP contribution is 2.68. The molecule has 1 aromatic carbocycles. The van der Waals surface area contributed by atoms with Crippen molar-refractivity contribution < 1.29 is 14.6 Å². The van der Waals surface area contributed by atoms with E-state index in [1.54, 1.807) is 0 Å². The van der Waals surface area contributed by atoms with Crippen LogP contribution in [0.2, 0.25) is 0 Å². The Labute approximate surface area is 207 Å². The van der Waals surface area contributed by atoms with E-state index in [0.29, 0.717) is 35.2 Å². The zero-order chi connectivity index (χ0) is 23.9. The summed E-state index contributed by atoms with van der Waals surface area (Å²) in [5.41, 5.74) is 2.21. The maximum absolute atomic E-state index is 11.2. The minimum absolute atomic E-state index is 0.331. The molecule has 4 fully saturated rings. The molecule has 0 aromatic heterocycles. The molecule has 34 heavy (non-hydrogen) atoms. The molecule has 9 atom stereocenters. The molecule has 4 aliphatic rings. The van der Waals surface area contributed by atoms with Crippen molar-refractivity contribution in [1.29, 1.82) is 0 Å². The number of hydrogen-bond acceptors (Lipinski definition) is 2. The normalized spacial score (nSPS) is 42.3. The number of aliphatic carboxylic acids is 1. The van der Waals surface area contributed by atoms with E-state index in [2.05, 4.69) is 51.1 Å². The van der Waals surface area contributed by atoms with E-state index in [-0.39, 0.29) is 0 Å². The van der Waals surface area contributed by atoms with Crippen molar-refractivity contribution in [2.45, 2.75) is 104 Å². The predicted octanol–water partition coefficient (Wildman–Crippen LogP) is 7.73. The summed E-state index contributed by atoms with van der Waals surface area (Å²) < 4.78 is 6.42. The van der Waals surface area contributed by atoms with E-state index >= 15 is 0 Å². The summed E-state index contributed by atoms with van der Waals surface area (Å²) >= 11 is 0. The Balaban J connectivity index is 1.23. The number of fused-ring (bicyclic) bond motifs is 5. The number of ether oxygens (including phenoxy) is 1. The van der Waals surface area contributed by atoms with Crippen molar-refractivity contribution in [1.82, 2.24) is 0 Å². The van der Waals surface area contributed by atoms with Crippen LogP contribution in [-0.4, -0.2) is 17.2 Å². The highest BCUT2D eigenvalue weighted by Gasteiger charge is 2.60. The lowest BCUT2D eigenvalue weighted by atomic mass is 9.44. The third-order valence-electron chi connectivity index (χ3n) is 11.5. The lowest BCUT2D eigenvalue weighted by Gasteiger charge is -2.61. The number of benzene rings is 1. The van der Waals surface area contributed by atoms with Gasteiger partial charge in [0.15, 0.2) is 0 Å². The second kappa shape index (κ2) is 9.60. The van der Waals surface area contributed by atoms with Crippen LogP contribution in [-0.2, 0) is 16.1 Å². The molecule has 1 unspecified atom stereocenters. The number of hydrogen-bond donors (Lipinski definition) is 1. The van der Waals surface area contributed by atoms with Gasteiger partial charge in [-0.1, -0.05) is 51.1 Å². The van der Waals surface area contributed by atoms with E-state index in [4.69, 9.17) is 4.74 Å². The van der Waals surface area contributed by atoms with Crippen molar-refractivity contribution in [3.8, 4) is 0 Å². The highest BCUT2D eigenvalue weighted by molar-refractivity contribution is 5.66. The SMILES string of the molecule is CC(CCC(=O)O)[C@H]1CC[C@H]2[C@@H]3CC[C@@H]4C[C@H](OCc5ccccc5)CC[C@]4(C)[C@H]3CC[C@]12C. The molecule has 3 nitrogen and oxygen atoms in total. The van der Waals surface area contributed by atoms with E-state index in [9.17, 15) is 9.90 Å². The first-order valence-corrected chi connectivity index (χ1v) is 14.2. The number of carboxylic acids is 1. The Hall–Kier alpha value is -1.35. The van der Waals surface area contributed by atoms with Gasteiger partial charge in [0.1, 0.15) is 0 Å². The quantitative estimate of drug-likeness (QED) is 0.447. The Morgan fingerprint density at radius 1 is 1.00 bits per heavy atom. The summed E-state index contributed by atoms with van der Waals surface area (Å²) in [4.78, 5) is 11.2. The standard InChI is InChI=1S/C31H46O3/c1-21(9-14-29(32)33)26-12-13-27-25-11-10-23-19-24(34-20-22-7-5-4-6-8-22)15-17-30(23,2)28(25)16-18-31(26,27)3/h4-8,21,23-28H,9-20H2,1-3H3,(H,32,33)/t21?,23-,24-,25+,26-,27+,28+,30+,31-/m1/s1. The molecular weight excluding hydrogens is 420 g/mol. The molecule has 4 saturated carbocycles. The van der Waals surface area contributed by atoms with Gasteiger partial charge in [-0.2, -0.15) is 0 Å². The van der Waals surface area contributed by atoms with Gasteiger partial charge in [0.2, 0.25) is 0 Å². The zero-order valence-corrected chi connectivity index (χ0v) is 21.7. The smallest absolute Gasteiger partial charge is 0.303 e. The maximum Gasteiger partial charge on any atom is 0.303 e. The third-order valence-corrected chi connectivity index (χ3v) is 11.5. The fraction of sp³-hybridized carbons (Fsp3) is 0.774. The first-order valence-electron chi connectivity index (χ1n) is 14.2. The summed E-state index contributed by atoms with van der Waals surface area (Å²) in [6.07, 6.45) is 13.7. The molecule has 1 aromatic rings. The maximum atomic E-state index is 11.2.